The third-order valence-corrected chi connectivity index (χ3v) is 3.30. The number of hydrogen-bond acceptors (Lipinski definition) is 1. The number of benzene rings is 1. The summed E-state index contributed by atoms with van der Waals surface area (Å²) in [6, 6.07) is 8.30. The van der Waals surface area contributed by atoms with Gasteiger partial charge >= 0.3 is 0 Å². The number of rotatable bonds is 1. The highest BCUT2D eigenvalue weighted by Crippen LogP contribution is 2.36. The van der Waals surface area contributed by atoms with Gasteiger partial charge in [0.25, 0.3) is 0 Å². The lowest BCUT2D eigenvalue weighted by atomic mass is 9.88. The van der Waals surface area contributed by atoms with Crippen LogP contribution in [0.3, 0.4) is 0 Å². The molecule has 0 aromatic heterocycles. The van der Waals surface area contributed by atoms with Gasteiger partial charge < -0.3 is 5.73 Å². The molecule has 0 radical (unpaired) electrons. The van der Waals surface area contributed by atoms with Crippen molar-refractivity contribution in [1.82, 2.24) is 0 Å². The van der Waals surface area contributed by atoms with Gasteiger partial charge in [-0.3, -0.25) is 0 Å². The molecule has 1 unspecified atom stereocenters. The minimum atomic E-state index is -0.173. The lowest BCUT2D eigenvalue weighted by Gasteiger charge is -2.25. The van der Waals surface area contributed by atoms with Crippen molar-refractivity contribution in [2.75, 3.05) is 0 Å². The maximum absolute atomic E-state index is 6.37. The molecule has 1 aliphatic rings. The number of halogens is 1. The molecule has 2 heteroatoms. The zero-order chi connectivity index (χ0) is 10.2. The molecule has 74 valence electrons. The van der Waals surface area contributed by atoms with Crippen LogP contribution >= 0.6 is 15.9 Å². The molecule has 0 saturated carbocycles. The summed E-state index contributed by atoms with van der Waals surface area (Å²) in [5.74, 6) is 0. The first-order chi connectivity index (χ1) is 6.60. The van der Waals surface area contributed by atoms with Crippen molar-refractivity contribution in [3.8, 4) is 0 Å². The Hall–Kier alpha value is -0.600. The van der Waals surface area contributed by atoms with Crippen LogP contribution < -0.4 is 5.73 Å². The van der Waals surface area contributed by atoms with Crippen molar-refractivity contribution >= 4 is 15.9 Å². The molecule has 0 spiro atoms. The first-order valence-electron chi connectivity index (χ1n) is 4.81. The fourth-order valence-corrected chi connectivity index (χ4v) is 2.42. The maximum Gasteiger partial charge on any atom is 0.0482 e. The number of nitrogens with two attached hydrogens (primary N) is 1. The van der Waals surface area contributed by atoms with Crippen LogP contribution in [0.15, 0.2) is 40.4 Å². The van der Waals surface area contributed by atoms with E-state index in [9.17, 15) is 0 Å². The molecular weight excluding hydrogens is 238 g/mol. The molecule has 1 atom stereocenters. The Bertz CT molecular complexity index is 384. The molecule has 0 aliphatic heterocycles. The molecule has 0 bridgehead atoms. The van der Waals surface area contributed by atoms with E-state index in [-0.39, 0.29) is 5.54 Å². The van der Waals surface area contributed by atoms with Crippen LogP contribution in [0.25, 0.3) is 0 Å². The highest BCUT2D eigenvalue weighted by Gasteiger charge is 2.30. The fraction of sp³-hybridized carbons (Fsp3) is 0.333. The molecular formula is C12H14BrN. The molecule has 0 amide bonds. The van der Waals surface area contributed by atoms with E-state index in [2.05, 4.69) is 41.1 Å². The van der Waals surface area contributed by atoms with E-state index in [1.807, 2.05) is 12.1 Å². The Morgan fingerprint density at radius 1 is 1.43 bits per heavy atom. The first kappa shape index (κ1) is 9.94. The molecule has 2 N–H and O–H groups in total. The van der Waals surface area contributed by atoms with Crippen LogP contribution in [-0.2, 0) is 5.54 Å². The van der Waals surface area contributed by atoms with Crippen LogP contribution in [0.1, 0.15) is 25.3 Å². The van der Waals surface area contributed by atoms with Crippen LogP contribution in [0.4, 0.5) is 0 Å². The zero-order valence-electron chi connectivity index (χ0n) is 8.26. The van der Waals surface area contributed by atoms with Crippen LogP contribution in [0, 0.1) is 0 Å². The van der Waals surface area contributed by atoms with E-state index in [1.54, 1.807) is 0 Å². The molecule has 1 aromatic rings. The quantitative estimate of drug-likeness (QED) is 0.762. The lowest BCUT2D eigenvalue weighted by Crippen LogP contribution is -2.33. The summed E-state index contributed by atoms with van der Waals surface area (Å²) in [6.07, 6.45) is 4.17. The smallest absolute Gasteiger partial charge is 0.0482 e. The van der Waals surface area contributed by atoms with Crippen molar-refractivity contribution < 1.29 is 0 Å². The molecule has 0 heterocycles. The van der Waals surface area contributed by atoms with Crippen LogP contribution in [0.2, 0.25) is 0 Å². The largest absolute Gasteiger partial charge is 0.321 e. The topological polar surface area (TPSA) is 26.0 Å². The minimum Gasteiger partial charge on any atom is -0.321 e. The predicted octanol–water partition coefficient (Wildman–Crippen LogP) is 3.34. The summed E-state index contributed by atoms with van der Waals surface area (Å²) in [5.41, 5.74) is 8.81. The summed E-state index contributed by atoms with van der Waals surface area (Å²) in [7, 11) is 0. The van der Waals surface area contributed by atoms with Gasteiger partial charge in [0.2, 0.25) is 0 Å². The third kappa shape index (κ3) is 1.77. The molecule has 1 aliphatic carbocycles. The van der Waals surface area contributed by atoms with Crippen molar-refractivity contribution in [3.05, 3.63) is 46.0 Å². The highest BCUT2D eigenvalue weighted by molar-refractivity contribution is 9.10. The van der Waals surface area contributed by atoms with E-state index >= 15 is 0 Å². The normalized spacial score (nSPS) is 26.4. The second kappa shape index (κ2) is 3.52. The summed E-state index contributed by atoms with van der Waals surface area (Å²) in [5, 5.41) is 0. The van der Waals surface area contributed by atoms with Gasteiger partial charge in [0.1, 0.15) is 0 Å². The molecule has 0 saturated heterocycles. The summed E-state index contributed by atoms with van der Waals surface area (Å²) in [6.45, 7) is 2.15. The minimum absolute atomic E-state index is 0.173. The van der Waals surface area contributed by atoms with E-state index in [0.717, 1.165) is 17.3 Å². The van der Waals surface area contributed by atoms with Gasteiger partial charge in [-0.2, -0.15) is 0 Å². The van der Waals surface area contributed by atoms with Gasteiger partial charge in [-0.15, -0.1) is 0 Å². The van der Waals surface area contributed by atoms with Gasteiger partial charge in [-0.25, -0.2) is 0 Å². The fourth-order valence-electron chi connectivity index (χ4n) is 2.02. The standard InChI is InChI=1S/C12H14BrN/c1-9-5-6-12(14,8-9)10-3-2-4-11(13)7-10/h2-5,7H,6,8,14H2,1H3. The van der Waals surface area contributed by atoms with Gasteiger partial charge in [0, 0.05) is 10.0 Å². The van der Waals surface area contributed by atoms with Gasteiger partial charge in [0.15, 0.2) is 0 Å². The van der Waals surface area contributed by atoms with Crippen LogP contribution in [0.5, 0.6) is 0 Å². The molecule has 14 heavy (non-hydrogen) atoms. The van der Waals surface area contributed by atoms with Crippen LogP contribution in [-0.4, -0.2) is 0 Å². The van der Waals surface area contributed by atoms with E-state index < -0.39 is 0 Å². The van der Waals surface area contributed by atoms with Gasteiger partial charge in [-0.1, -0.05) is 39.7 Å². The second-order valence-electron chi connectivity index (χ2n) is 4.10. The SMILES string of the molecule is CC1=CCC(N)(c2cccc(Br)c2)C1. The molecule has 2 rings (SSSR count). The zero-order valence-corrected chi connectivity index (χ0v) is 9.84. The second-order valence-corrected chi connectivity index (χ2v) is 5.01. The monoisotopic (exact) mass is 251 g/mol. The van der Waals surface area contributed by atoms with Gasteiger partial charge in [0.05, 0.1) is 0 Å². The van der Waals surface area contributed by atoms with E-state index in [0.29, 0.717) is 0 Å². The predicted molar refractivity (Wildman–Crippen MR) is 63.0 cm³/mol. The van der Waals surface area contributed by atoms with Crippen molar-refractivity contribution in [2.45, 2.75) is 25.3 Å². The van der Waals surface area contributed by atoms with Crippen molar-refractivity contribution in [1.29, 1.82) is 0 Å². The summed E-state index contributed by atoms with van der Waals surface area (Å²) in [4.78, 5) is 0. The number of hydrogen-bond donors (Lipinski definition) is 1. The van der Waals surface area contributed by atoms with Crippen molar-refractivity contribution in [2.24, 2.45) is 5.73 Å². The molecule has 0 fully saturated rings. The lowest BCUT2D eigenvalue weighted by molar-refractivity contribution is 0.474. The summed E-state index contributed by atoms with van der Waals surface area (Å²) < 4.78 is 1.10. The van der Waals surface area contributed by atoms with E-state index in [4.69, 9.17) is 5.73 Å². The Balaban J connectivity index is 2.32. The maximum atomic E-state index is 6.37. The Morgan fingerprint density at radius 2 is 2.21 bits per heavy atom. The Morgan fingerprint density at radius 3 is 2.79 bits per heavy atom. The summed E-state index contributed by atoms with van der Waals surface area (Å²) >= 11 is 3.48. The van der Waals surface area contributed by atoms with E-state index in [1.165, 1.54) is 11.1 Å². The molecule has 1 aromatic carbocycles. The first-order valence-corrected chi connectivity index (χ1v) is 5.60. The third-order valence-electron chi connectivity index (χ3n) is 2.81. The molecule has 1 nitrogen and oxygen atoms in total. The highest BCUT2D eigenvalue weighted by atomic mass is 79.9. The van der Waals surface area contributed by atoms with Gasteiger partial charge in [-0.05, 0) is 37.5 Å². The average molecular weight is 252 g/mol. The Kier molecular flexibility index (Phi) is 2.50. The van der Waals surface area contributed by atoms with Crippen molar-refractivity contribution in [3.63, 3.8) is 0 Å². The Labute approximate surface area is 93.1 Å². The average Bonchev–Trinajstić information content (AvgIpc) is 2.48.